The Bertz CT molecular complexity index is 503. The number of halogens is 2. The van der Waals surface area contributed by atoms with Crippen molar-refractivity contribution in [2.75, 3.05) is 11.5 Å². The molecule has 1 atom stereocenters. The van der Waals surface area contributed by atoms with Gasteiger partial charge in [0.05, 0.1) is 15.8 Å². The van der Waals surface area contributed by atoms with E-state index in [2.05, 4.69) is 0 Å². The lowest BCUT2D eigenvalue weighted by Gasteiger charge is -2.12. The molecule has 0 aromatic heterocycles. The minimum atomic E-state index is -2.91. The molecule has 1 aromatic carbocycles. The minimum absolute atomic E-state index is 0.176. The lowest BCUT2D eigenvalue weighted by molar-refractivity contribution is 0.584. The number of benzene rings is 1. The second kappa shape index (κ2) is 6.75. The van der Waals surface area contributed by atoms with Gasteiger partial charge in [-0.15, -0.1) is 0 Å². The first-order chi connectivity index (χ1) is 8.35. The Morgan fingerprint density at radius 1 is 1.28 bits per heavy atom. The van der Waals surface area contributed by atoms with E-state index >= 15 is 0 Å². The van der Waals surface area contributed by atoms with Crippen LogP contribution < -0.4 is 5.73 Å². The van der Waals surface area contributed by atoms with Crippen LogP contribution in [0.15, 0.2) is 18.2 Å². The van der Waals surface area contributed by atoms with E-state index in [1.807, 2.05) is 6.07 Å². The van der Waals surface area contributed by atoms with Crippen LogP contribution in [0, 0.1) is 0 Å². The first-order valence-electron chi connectivity index (χ1n) is 5.76. The molecule has 0 bridgehead atoms. The molecule has 1 aromatic rings. The van der Waals surface area contributed by atoms with Crippen LogP contribution in [-0.2, 0) is 9.84 Å². The van der Waals surface area contributed by atoms with Crippen molar-refractivity contribution < 1.29 is 8.42 Å². The molecule has 0 fully saturated rings. The molecule has 2 N–H and O–H groups in total. The lowest BCUT2D eigenvalue weighted by atomic mass is 10.0. The van der Waals surface area contributed by atoms with Gasteiger partial charge in [0, 0.05) is 11.8 Å². The fourth-order valence-electron chi connectivity index (χ4n) is 1.58. The Kier molecular flexibility index (Phi) is 5.92. The highest BCUT2D eigenvalue weighted by atomic mass is 35.5. The number of nitrogens with two attached hydrogens (primary N) is 1. The van der Waals surface area contributed by atoms with Crippen molar-refractivity contribution in [2.24, 2.45) is 5.73 Å². The molecule has 0 heterocycles. The third-order valence-electron chi connectivity index (χ3n) is 2.78. The third kappa shape index (κ3) is 4.76. The minimum Gasteiger partial charge on any atom is -0.324 e. The average molecular weight is 310 g/mol. The number of hydrogen-bond acceptors (Lipinski definition) is 3. The van der Waals surface area contributed by atoms with Gasteiger partial charge in [-0.3, -0.25) is 0 Å². The second-order valence-corrected chi connectivity index (χ2v) is 7.45. The average Bonchev–Trinajstić information content (AvgIpc) is 2.32. The molecular formula is C12H17Cl2NO2S. The van der Waals surface area contributed by atoms with Crippen molar-refractivity contribution in [3.8, 4) is 0 Å². The normalized spacial score (nSPS) is 13.6. The van der Waals surface area contributed by atoms with Crippen LogP contribution in [0.25, 0.3) is 0 Å². The summed E-state index contributed by atoms with van der Waals surface area (Å²) in [6.07, 6.45) is 1.16. The molecule has 18 heavy (non-hydrogen) atoms. The molecule has 0 saturated carbocycles. The van der Waals surface area contributed by atoms with Gasteiger partial charge in [-0.25, -0.2) is 8.42 Å². The zero-order chi connectivity index (χ0) is 13.8. The van der Waals surface area contributed by atoms with Crippen molar-refractivity contribution in [1.29, 1.82) is 0 Å². The number of sulfone groups is 1. The first-order valence-corrected chi connectivity index (χ1v) is 8.34. The highest BCUT2D eigenvalue weighted by molar-refractivity contribution is 7.91. The quantitative estimate of drug-likeness (QED) is 0.877. The Hall–Kier alpha value is -0.290. The van der Waals surface area contributed by atoms with E-state index in [1.54, 1.807) is 19.1 Å². The SMILES string of the molecule is CCS(=O)(=O)CCCC(N)c1ccc(Cl)c(Cl)c1. The van der Waals surface area contributed by atoms with Gasteiger partial charge in [-0.1, -0.05) is 36.2 Å². The summed E-state index contributed by atoms with van der Waals surface area (Å²) in [6, 6.07) is 5.02. The van der Waals surface area contributed by atoms with Crippen LogP contribution in [0.5, 0.6) is 0 Å². The summed E-state index contributed by atoms with van der Waals surface area (Å²) >= 11 is 11.7. The topological polar surface area (TPSA) is 60.2 Å². The third-order valence-corrected chi connectivity index (χ3v) is 5.31. The molecule has 0 aliphatic carbocycles. The summed E-state index contributed by atoms with van der Waals surface area (Å²) in [5.74, 6) is 0.355. The summed E-state index contributed by atoms with van der Waals surface area (Å²) in [5.41, 5.74) is 6.86. The monoisotopic (exact) mass is 309 g/mol. The molecule has 0 aliphatic rings. The molecule has 1 unspecified atom stereocenters. The van der Waals surface area contributed by atoms with E-state index in [4.69, 9.17) is 28.9 Å². The van der Waals surface area contributed by atoms with Crippen LogP contribution >= 0.6 is 23.2 Å². The first kappa shape index (κ1) is 15.8. The predicted octanol–water partition coefficient (Wildman–Crippen LogP) is 3.21. The predicted molar refractivity (Wildman–Crippen MR) is 77.0 cm³/mol. The van der Waals surface area contributed by atoms with Gasteiger partial charge in [0.15, 0.2) is 0 Å². The molecule has 102 valence electrons. The number of hydrogen-bond donors (Lipinski definition) is 1. The van der Waals surface area contributed by atoms with Gasteiger partial charge >= 0.3 is 0 Å². The molecule has 0 aliphatic heterocycles. The highest BCUT2D eigenvalue weighted by Crippen LogP contribution is 2.26. The molecule has 0 saturated heterocycles. The smallest absolute Gasteiger partial charge is 0.150 e. The number of rotatable bonds is 6. The van der Waals surface area contributed by atoms with Crippen LogP contribution in [0.2, 0.25) is 10.0 Å². The molecular weight excluding hydrogens is 293 g/mol. The largest absolute Gasteiger partial charge is 0.324 e. The summed E-state index contributed by atoms with van der Waals surface area (Å²) < 4.78 is 22.7. The molecule has 3 nitrogen and oxygen atoms in total. The Morgan fingerprint density at radius 3 is 2.50 bits per heavy atom. The van der Waals surface area contributed by atoms with E-state index in [-0.39, 0.29) is 17.5 Å². The highest BCUT2D eigenvalue weighted by Gasteiger charge is 2.11. The van der Waals surface area contributed by atoms with Crippen molar-refractivity contribution in [1.82, 2.24) is 0 Å². The molecule has 0 radical (unpaired) electrons. The summed E-state index contributed by atoms with van der Waals surface area (Å²) in [4.78, 5) is 0. The van der Waals surface area contributed by atoms with Crippen LogP contribution in [0.1, 0.15) is 31.4 Å². The fourth-order valence-corrected chi connectivity index (χ4v) is 2.78. The summed E-state index contributed by atoms with van der Waals surface area (Å²) in [7, 11) is -2.91. The van der Waals surface area contributed by atoms with Crippen LogP contribution in [-0.4, -0.2) is 19.9 Å². The Labute approximate surface area is 118 Å². The summed E-state index contributed by atoms with van der Waals surface area (Å²) in [5, 5.41) is 0.951. The zero-order valence-corrected chi connectivity index (χ0v) is 12.5. The van der Waals surface area contributed by atoms with Crippen LogP contribution in [0.3, 0.4) is 0 Å². The Balaban J connectivity index is 2.55. The molecule has 0 spiro atoms. The van der Waals surface area contributed by atoms with Crippen molar-refractivity contribution >= 4 is 33.0 Å². The van der Waals surface area contributed by atoms with E-state index in [1.165, 1.54) is 0 Å². The van der Waals surface area contributed by atoms with Crippen LogP contribution in [0.4, 0.5) is 0 Å². The zero-order valence-electron chi connectivity index (χ0n) is 10.2. The van der Waals surface area contributed by atoms with E-state index in [0.717, 1.165) is 5.56 Å². The maximum absolute atomic E-state index is 11.3. The van der Waals surface area contributed by atoms with Crippen molar-refractivity contribution in [3.63, 3.8) is 0 Å². The van der Waals surface area contributed by atoms with Gasteiger partial charge in [0.2, 0.25) is 0 Å². The van der Waals surface area contributed by atoms with Crippen molar-refractivity contribution in [3.05, 3.63) is 33.8 Å². The van der Waals surface area contributed by atoms with Gasteiger partial charge in [-0.2, -0.15) is 0 Å². The van der Waals surface area contributed by atoms with Crippen molar-refractivity contribution in [2.45, 2.75) is 25.8 Å². The van der Waals surface area contributed by atoms with Gasteiger partial charge in [0.1, 0.15) is 9.84 Å². The van der Waals surface area contributed by atoms with Gasteiger partial charge in [0.25, 0.3) is 0 Å². The molecule has 6 heteroatoms. The molecule has 1 rings (SSSR count). The Morgan fingerprint density at radius 2 is 1.94 bits per heavy atom. The van der Waals surface area contributed by atoms with Gasteiger partial charge in [-0.05, 0) is 30.5 Å². The standard InChI is InChI=1S/C12H17Cl2NO2S/c1-2-18(16,17)7-3-4-12(15)9-5-6-10(13)11(14)8-9/h5-6,8,12H,2-4,7,15H2,1H3. The van der Waals surface area contributed by atoms with E-state index in [9.17, 15) is 8.42 Å². The second-order valence-electron chi connectivity index (χ2n) is 4.16. The fraction of sp³-hybridized carbons (Fsp3) is 0.500. The van der Waals surface area contributed by atoms with E-state index in [0.29, 0.717) is 22.9 Å². The van der Waals surface area contributed by atoms with Gasteiger partial charge < -0.3 is 5.73 Å². The lowest BCUT2D eigenvalue weighted by Crippen LogP contribution is -2.14. The van der Waals surface area contributed by atoms with E-state index < -0.39 is 9.84 Å². The molecule has 0 amide bonds. The maximum atomic E-state index is 11.3. The maximum Gasteiger partial charge on any atom is 0.150 e. The summed E-state index contributed by atoms with van der Waals surface area (Å²) in [6.45, 7) is 1.65.